The molecule has 0 bridgehead atoms. The highest BCUT2D eigenvalue weighted by molar-refractivity contribution is 5.79. The third-order valence-corrected chi connectivity index (χ3v) is 6.59. The molecule has 1 aliphatic carbocycles. The second kappa shape index (κ2) is 8.31. The van der Waals surface area contributed by atoms with E-state index in [1.165, 1.54) is 11.0 Å². The summed E-state index contributed by atoms with van der Waals surface area (Å²) in [4.78, 5) is 26.0. The predicted octanol–water partition coefficient (Wildman–Crippen LogP) is 5.01. The molecule has 168 valence electrons. The summed E-state index contributed by atoms with van der Waals surface area (Å²) >= 11 is 0. The largest absolute Gasteiger partial charge is 0.481 e. The summed E-state index contributed by atoms with van der Waals surface area (Å²) in [6.07, 6.45) is -0.645. The number of carboxylic acid groups (broad SMARTS) is 1. The fraction of sp³-hybridized carbons (Fsp3) is 0.231. The molecule has 3 aromatic carbocycles. The van der Waals surface area contributed by atoms with Crippen molar-refractivity contribution < 1.29 is 28.2 Å². The minimum atomic E-state index is -1.14. The van der Waals surface area contributed by atoms with E-state index in [-0.39, 0.29) is 31.2 Å². The van der Waals surface area contributed by atoms with Crippen LogP contribution in [0.3, 0.4) is 0 Å². The van der Waals surface area contributed by atoms with Gasteiger partial charge in [-0.3, -0.25) is 4.79 Å². The fourth-order valence-corrected chi connectivity index (χ4v) is 5.01. The standard InChI is InChI=1S/C26H21F2NO4/c27-15-9-10-20(24(28)11-15)21-12-29(13-22(21)25(30)31)26(32)33-14-23-18-7-3-1-5-16(18)17-6-2-4-8-19(17)23/h1-11,21-23H,12-14H2,(H,30,31)/t21-,22+/m0/s1. The lowest BCUT2D eigenvalue weighted by Gasteiger charge is -2.19. The van der Waals surface area contributed by atoms with Crippen LogP contribution in [0.25, 0.3) is 11.1 Å². The lowest BCUT2D eigenvalue weighted by atomic mass is 9.88. The molecule has 1 amide bonds. The number of nitrogens with zero attached hydrogens (tertiary/aromatic N) is 1. The average molecular weight is 449 g/mol. The lowest BCUT2D eigenvalue weighted by molar-refractivity contribution is -0.141. The van der Waals surface area contributed by atoms with Crippen LogP contribution < -0.4 is 0 Å². The van der Waals surface area contributed by atoms with E-state index in [0.717, 1.165) is 34.4 Å². The molecule has 0 saturated carbocycles. The lowest BCUT2D eigenvalue weighted by Crippen LogP contribution is -2.31. The Morgan fingerprint density at radius 3 is 2.15 bits per heavy atom. The van der Waals surface area contributed by atoms with Crippen LogP contribution in [0.5, 0.6) is 0 Å². The van der Waals surface area contributed by atoms with Gasteiger partial charge >= 0.3 is 12.1 Å². The number of hydrogen-bond acceptors (Lipinski definition) is 3. The molecule has 1 fully saturated rings. The van der Waals surface area contributed by atoms with E-state index in [2.05, 4.69) is 0 Å². The van der Waals surface area contributed by atoms with E-state index in [9.17, 15) is 23.5 Å². The number of carboxylic acids is 1. The Kier molecular flexibility index (Phi) is 5.32. The topological polar surface area (TPSA) is 66.8 Å². The fourth-order valence-electron chi connectivity index (χ4n) is 5.01. The molecule has 3 aromatic rings. The van der Waals surface area contributed by atoms with Gasteiger partial charge in [0.2, 0.25) is 0 Å². The van der Waals surface area contributed by atoms with Gasteiger partial charge < -0.3 is 14.7 Å². The molecule has 5 nitrogen and oxygen atoms in total. The van der Waals surface area contributed by atoms with Gasteiger partial charge in [-0.1, -0.05) is 54.6 Å². The van der Waals surface area contributed by atoms with Gasteiger partial charge in [-0.2, -0.15) is 0 Å². The first kappa shape index (κ1) is 21.1. The number of carbonyl (C=O) groups excluding carboxylic acids is 1. The summed E-state index contributed by atoms with van der Waals surface area (Å²) in [5.74, 6) is -4.62. The third kappa shape index (κ3) is 3.73. The number of hydrogen-bond donors (Lipinski definition) is 1. The molecule has 0 unspecified atom stereocenters. The normalized spacial score (nSPS) is 19.3. The van der Waals surface area contributed by atoms with E-state index in [4.69, 9.17) is 4.74 Å². The molecule has 0 aromatic heterocycles. The second-order valence-electron chi connectivity index (χ2n) is 8.43. The predicted molar refractivity (Wildman–Crippen MR) is 117 cm³/mol. The van der Waals surface area contributed by atoms with Crippen LogP contribution in [-0.4, -0.2) is 41.8 Å². The second-order valence-corrected chi connectivity index (χ2v) is 8.43. The molecule has 1 heterocycles. The highest BCUT2D eigenvalue weighted by atomic mass is 19.1. The summed E-state index contributed by atoms with van der Waals surface area (Å²) in [6.45, 7) is -0.0135. The molecule has 1 aliphatic heterocycles. The molecular formula is C26H21F2NO4. The van der Waals surface area contributed by atoms with Crippen molar-refractivity contribution in [1.82, 2.24) is 4.90 Å². The van der Waals surface area contributed by atoms with Gasteiger partial charge in [0.05, 0.1) is 5.92 Å². The van der Waals surface area contributed by atoms with E-state index in [1.807, 2.05) is 48.5 Å². The van der Waals surface area contributed by atoms with Crippen LogP contribution in [0.4, 0.5) is 13.6 Å². The number of ether oxygens (including phenoxy) is 1. The monoisotopic (exact) mass is 449 g/mol. The van der Waals surface area contributed by atoms with Crippen LogP contribution in [0.1, 0.15) is 28.5 Å². The Morgan fingerprint density at radius 1 is 0.909 bits per heavy atom. The van der Waals surface area contributed by atoms with Crippen molar-refractivity contribution in [1.29, 1.82) is 0 Å². The first-order chi connectivity index (χ1) is 15.9. The molecule has 1 N–H and O–H groups in total. The molecule has 2 atom stereocenters. The highest BCUT2D eigenvalue weighted by Gasteiger charge is 2.42. The first-order valence-corrected chi connectivity index (χ1v) is 10.7. The van der Waals surface area contributed by atoms with Crippen LogP contribution in [-0.2, 0) is 9.53 Å². The van der Waals surface area contributed by atoms with Gasteiger partial charge in [-0.15, -0.1) is 0 Å². The summed E-state index contributed by atoms with van der Waals surface area (Å²) < 4.78 is 33.3. The van der Waals surface area contributed by atoms with Gasteiger partial charge in [-0.05, 0) is 33.9 Å². The smallest absolute Gasteiger partial charge is 0.409 e. The number of benzene rings is 3. The summed E-state index contributed by atoms with van der Waals surface area (Å²) in [5, 5.41) is 9.64. The number of carbonyl (C=O) groups is 2. The maximum Gasteiger partial charge on any atom is 0.409 e. The molecule has 2 aliphatic rings. The van der Waals surface area contributed by atoms with Gasteiger partial charge in [-0.25, -0.2) is 13.6 Å². The minimum Gasteiger partial charge on any atom is -0.481 e. The molecule has 5 rings (SSSR count). The number of amides is 1. The molecule has 33 heavy (non-hydrogen) atoms. The molecule has 0 radical (unpaired) electrons. The zero-order valence-corrected chi connectivity index (χ0v) is 17.6. The number of aliphatic carboxylic acids is 1. The Hall–Kier alpha value is -3.74. The summed E-state index contributed by atoms with van der Waals surface area (Å²) in [5.41, 5.74) is 4.43. The van der Waals surface area contributed by atoms with Crippen LogP contribution in [0, 0.1) is 17.6 Å². The average Bonchev–Trinajstić information content (AvgIpc) is 3.38. The Labute approximate surface area is 189 Å². The van der Waals surface area contributed by atoms with Crippen molar-refractivity contribution in [2.45, 2.75) is 11.8 Å². The first-order valence-electron chi connectivity index (χ1n) is 10.7. The molecule has 7 heteroatoms. The SMILES string of the molecule is O=C(O)[C@@H]1CN(C(=O)OCC2c3ccccc3-c3ccccc32)C[C@H]1c1ccc(F)cc1F. The zero-order valence-electron chi connectivity index (χ0n) is 17.6. The number of halogens is 2. The third-order valence-electron chi connectivity index (χ3n) is 6.59. The molecular weight excluding hydrogens is 428 g/mol. The van der Waals surface area contributed by atoms with E-state index in [0.29, 0.717) is 0 Å². The summed E-state index contributed by atoms with van der Waals surface area (Å²) in [6, 6.07) is 19.0. The zero-order chi connectivity index (χ0) is 23.1. The summed E-state index contributed by atoms with van der Waals surface area (Å²) in [7, 11) is 0. The highest BCUT2D eigenvalue weighted by Crippen LogP contribution is 2.44. The maximum absolute atomic E-state index is 14.3. The number of likely N-dealkylation sites (tertiary alicyclic amines) is 1. The molecule has 0 spiro atoms. The number of rotatable bonds is 4. The van der Waals surface area contributed by atoms with Crippen molar-refractivity contribution in [2.24, 2.45) is 5.92 Å². The van der Waals surface area contributed by atoms with Gasteiger partial charge in [0.1, 0.15) is 18.2 Å². The van der Waals surface area contributed by atoms with Crippen LogP contribution >= 0.6 is 0 Å². The van der Waals surface area contributed by atoms with Gasteiger partial charge in [0, 0.05) is 31.0 Å². The van der Waals surface area contributed by atoms with Crippen molar-refractivity contribution >= 4 is 12.1 Å². The van der Waals surface area contributed by atoms with Crippen LogP contribution in [0.2, 0.25) is 0 Å². The maximum atomic E-state index is 14.3. The van der Waals surface area contributed by atoms with Crippen molar-refractivity contribution in [3.05, 3.63) is 95.1 Å². The van der Waals surface area contributed by atoms with E-state index < -0.39 is 35.5 Å². The van der Waals surface area contributed by atoms with Gasteiger partial charge in [0.15, 0.2) is 0 Å². The van der Waals surface area contributed by atoms with Crippen molar-refractivity contribution in [3.63, 3.8) is 0 Å². The Bertz CT molecular complexity index is 1200. The van der Waals surface area contributed by atoms with Gasteiger partial charge in [0.25, 0.3) is 0 Å². The van der Waals surface area contributed by atoms with E-state index >= 15 is 0 Å². The Morgan fingerprint density at radius 2 is 1.55 bits per heavy atom. The van der Waals surface area contributed by atoms with Crippen molar-refractivity contribution in [3.8, 4) is 11.1 Å². The quantitative estimate of drug-likeness (QED) is 0.608. The Balaban J connectivity index is 1.33. The number of fused-ring (bicyclic) bond motifs is 3. The molecule has 1 saturated heterocycles. The van der Waals surface area contributed by atoms with Crippen LogP contribution in [0.15, 0.2) is 66.7 Å². The van der Waals surface area contributed by atoms with E-state index in [1.54, 1.807) is 0 Å². The minimum absolute atomic E-state index is 0.0177. The van der Waals surface area contributed by atoms with Crippen molar-refractivity contribution in [2.75, 3.05) is 19.7 Å².